The van der Waals surface area contributed by atoms with Gasteiger partial charge in [0.2, 0.25) is 5.91 Å². The zero-order valence-electron chi connectivity index (χ0n) is 23.2. The van der Waals surface area contributed by atoms with E-state index < -0.39 is 28.7 Å². The number of fused-ring (bicyclic) bond motifs is 1. The van der Waals surface area contributed by atoms with Gasteiger partial charge in [0.15, 0.2) is 17.0 Å². The van der Waals surface area contributed by atoms with Gasteiger partial charge in [-0.05, 0) is 48.5 Å². The molecule has 11 nitrogen and oxygen atoms in total. The Hall–Kier alpha value is -4.59. The van der Waals surface area contributed by atoms with Crippen molar-refractivity contribution < 1.29 is 27.3 Å². The molecule has 0 aliphatic rings. The van der Waals surface area contributed by atoms with Crippen molar-refractivity contribution in [2.45, 2.75) is 13.0 Å². The number of carbonyl (C=O) groups is 2. The molecule has 220 valence electrons. The lowest BCUT2D eigenvalue weighted by Gasteiger charge is -2.15. The maximum atomic E-state index is 15.4. The van der Waals surface area contributed by atoms with Crippen LogP contribution in [0.4, 0.5) is 20.6 Å². The normalized spacial score (nSPS) is 11.6. The van der Waals surface area contributed by atoms with Crippen LogP contribution in [-0.4, -0.2) is 48.8 Å². The van der Waals surface area contributed by atoms with Crippen molar-refractivity contribution in [1.82, 2.24) is 14.9 Å². The highest BCUT2D eigenvalue weighted by Crippen LogP contribution is 2.28. The molecule has 13 heteroatoms. The first-order valence-electron chi connectivity index (χ1n) is 12.8. The molecule has 0 saturated carbocycles. The van der Waals surface area contributed by atoms with Gasteiger partial charge in [0.25, 0.3) is 0 Å². The minimum Gasteiger partial charge on any atom is -0.422 e. The lowest BCUT2D eigenvalue weighted by Crippen LogP contribution is -2.29. The molecule has 0 saturated heterocycles. The fourth-order valence-corrected chi connectivity index (χ4v) is 4.54. The Bertz CT molecular complexity index is 1680. The van der Waals surface area contributed by atoms with Crippen molar-refractivity contribution in [2.75, 3.05) is 37.7 Å². The van der Waals surface area contributed by atoms with Gasteiger partial charge in [0.05, 0.1) is 12.2 Å². The molecule has 4 rings (SSSR count). The molecule has 1 unspecified atom stereocenters. The zero-order chi connectivity index (χ0) is 30.2. The fourth-order valence-electron chi connectivity index (χ4n) is 4.08. The summed E-state index contributed by atoms with van der Waals surface area (Å²) in [5, 5.41) is 6.34. The van der Waals surface area contributed by atoms with Crippen molar-refractivity contribution in [2.24, 2.45) is 0 Å². The number of anilines is 2. The average Bonchev–Trinajstić information content (AvgIpc) is 2.96. The second-order valence-electron chi connectivity index (χ2n) is 9.32. The predicted molar refractivity (Wildman–Crippen MR) is 159 cm³/mol. The molecule has 1 atom stereocenters. The van der Waals surface area contributed by atoms with Gasteiger partial charge in [-0.2, -0.15) is 0 Å². The molecule has 42 heavy (non-hydrogen) atoms. The van der Waals surface area contributed by atoms with E-state index in [1.165, 1.54) is 44.2 Å². The summed E-state index contributed by atoms with van der Waals surface area (Å²) in [4.78, 5) is 39.1. The molecule has 3 aromatic carbocycles. The fraction of sp³-hybridized carbons (Fsp3) is 0.207. The first-order chi connectivity index (χ1) is 20.2. The summed E-state index contributed by atoms with van der Waals surface area (Å²) in [5.41, 5.74) is 0.880. The number of ether oxygens (including phenoxy) is 1. The molecule has 4 aromatic rings. The maximum Gasteiger partial charge on any atom is 0.414 e. The highest BCUT2D eigenvalue weighted by atomic mass is 32.2. The summed E-state index contributed by atoms with van der Waals surface area (Å²) >= 11 is -1.71. The molecule has 1 aromatic heterocycles. The van der Waals surface area contributed by atoms with Crippen molar-refractivity contribution >= 4 is 45.5 Å². The van der Waals surface area contributed by atoms with Crippen molar-refractivity contribution in [1.29, 1.82) is 0 Å². The number of carbonyl (C=O) groups excluding carboxylic acids is 2. The number of hydrogen-bond acceptors (Lipinski definition) is 7. The van der Waals surface area contributed by atoms with Gasteiger partial charge in [0.1, 0.15) is 11.3 Å². The minimum absolute atomic E-state index is 0.00466. The summed E-state index contributed by atoms with van der Waals surface area (Å²) in [6.07, 6.45) is -0.751. The summed E-state index contributed by atoms with van der Waals surface area (Å²) in [6, 6.07) is 18.1. The first kappa shape index (κ1) is 30.4. The highest BCUT2D eigenvalue weighted by molar-refractivity contribution is 7.84. The Morgan fingerprint density at radius 2 is 1.79 bits per heavy atom. The van der Waals surface area contributed by atoms with Crippen LogP contribution in [0.2, 0.25) is 0 Å². The molecular formula is C29H30FN5O6S. The van der Waals surface area contributed by atoms with Crippen LogP contribution in [0.5, 0.6) is 5.75 Å². The molecule has 0 aliphatic carbocycles. The van der Waals surface area contributed by atoms with E-state index in [1.807, 2.05) is 6.07 Å². The minimum atomic E-state index is -1.71. The summed E-state index contributed by atoms with van der Waals surface area (Å²) in [5.74, 6) is -0.802. The van der Waals surface area contributed by atoms with Gasteiger partial charge in [0, 0.05) is 49.8 Å². The van der Waals surface area contributed by atoms with E-state index in [1.54, 1.807) is 42.5 Å². The van der Waals surface area contributed by atoms with E-state index in [-0.39, 0.29) is 53.6 Å². The van der Waals surface area contributed by atoms with Crippen molar-refractivity contribution in [3.63, 3.8) is 0 Å². The molecule has 0 aliphatic heterocycles. The summed E-state index contributed by atoms with van der Waals surface area (Å²) in [7, 11) is 4.53. The Labute approximate surface area is 243 Å². The van der Waals surface area contributed by atoms with Crippen LogP contribution in [0.1, 0.15) is 16.7 Å². The van der Waals surface area contributed by atoms with Gasteiger partial charge in [-0.1, -0.05) is 30.3 Å². The monoisotopic (exact) mass is 595 g/mol. The average molecular weight is 596 g/mol. The number of benzene rings is 3. The molecule has 0 spiro atoms. The maximum absolute atomic E-state index is 15.4. The van der Waals surface area contributed by atoms with Crippen molar-refractivity contribution in [3.05, 3.63) is 99.7 Å². The predicted octanol–water partition coefficient (Wildman–Crippen LogP) is 3.52. The molecule has 0 bridgehead atoms. The van der Waals surface area contributed by atoms with Gasteiger partial charge < -0.3 is 24.7 Å². The first-order valence-corrected chi connectivity index (χ1v) is 14.0. The standard InChI is InChI=1S/C29H30FN5O6S/c1-31-42(39)34-24-11-7-8-18(27(24)30)14-22-23(16-32-17-26(36)33-19-9-5-4-6-10-19)21-13-12-20(40-29(38)35(2)3)15-25(21)41-28(22)37/h4-13,15,31-32,34H,14,16-17H2,1-3H3,(H,33,36). The Kier molecular flexibility index (Phi) is 10.0. The smallest absolute Gasteiger partial charge is 0.414 e. The van der Waals surface area contributed by atoms with E-state index in [0.29, 0.717) is 16.6 Å². The molecule has 0 fully saturated rings. The van der Waals surface area contributed by atoms with Crippen LogP contribution in [0.3, 0.4) is 0 Å². The van der Waals surface area contributed by atoms with Crippen molar-refractivity contribution in [3.8, 4) is 5.75 Å². The second kappa shape index (κ2) is 13.9. The zero-order valence-corrected chi connectivity index (χ0v) is 24.0. The van der Waals surface area contributed by atoms with E-state index in [2.05, 4.69) is 20.1 Å². The molecular weight excluding hydrogens is 565 g/mol. The third-order valence-electron chi connectivity index (χ3n) is 6.14. The summed E-state index contributed by atoms with van der Waals surface area (Å²) < 4.78 is 43.1. The third kappa shape index (κ3) is 7.57. The van der Waals surface area contributed by atoms with Crippen LogP contribution in [0, 0.1) is 5.82 Å². The van der Waals surface area contributed by atoms with E-state index >= 15 is 4.39 Å². The second-order valence-corrected chi connectivity index (χ2v) is 10.5. The molecule has 4 N–H and O–H groups in total. The Morgan fingerprint density at radius 3 is 2.50 bits per heavy atom. The largest absolute Gasteiger partial charge is 0.422 e. The van der Waals surface area contributed by atoms with E-state index in [4.69, 9.17) is 9.15 Å². The van der Waals surface area contributed by atoms with E-state index in [9.17, 15) is 18.6 Å². The number of para-hydroxylation sites is 1. The number of nitrogens with one attached hydrogen (secondary N) is 4. The van der Waals surface area contributed by atoms with Crippen LogP contribution in [0.15, 0.2) is 75.9 Å². The highest BCUT2D eigenvalue weighted by Gasteiger charge is 2.20. The lowest BCUT2D eigenvalue weighted by atomic mass is 9.97. The van der Waals surface area contributed by atoms with Crippen LogP contribution in [-0.2, 0) is 28.9 Å². The number of rotatable bonds is 11. The third-order valence-corrected chi connectivity index (χ3v) is 6.92. The molecule has 1 heterocycles. The topological polar surface area (TPSA) is 142 Å². The van der Waals surface area contributed by atoms with Gasteiger partial charge in [-0.15, -0.1) is 0 Å². The quantitative estimate of drug-likeness (QED) is 0.194. The van der Waals surface area contributed by atoms with E-state index in [0.717, 1.165) is 0 Å². The van der Waals surface area contributed by atoms with Gasteiger partial charge >= 0.3 is 11.7 Å². The number of nitrogens with zero attached hydrogens (tertiary/aromatic N) is 1. The Morgan fingerprint density at radius 1 is 1.02 bits per heavy atom. The van der Waals surface area contributed by atoms with Crippen LogP contribution in [0.25, 0.3) is 11.0 Å². The number of halogens is 1. The SMILES string of the molecule is CNS(=O)Nc1cccc(Cc2c(CNCC(=O)Nc3ccccc3)c3ccc(OC(=O)N(C)C)cc3oc2=O)c1F. The van der Waals surface area contributed by atoms with Gasteiger partial charge in [-0.3, -0.25) is 9.52 Å². The number of amides is 2. The Balaban J connectivity index is 1.67. The van der Waals surface area contributed by atoms with Crippen LogP contribution >= 0.6 is 0 Å². The summed E-state index contributed by atoms with van der Waals surface area (Å²) in [6.45, 7) is -0.00199. The number of hydrogen-bond donors (Lipinski definition) is 4. The van der Waals surface area contributed by atoms with Gasteiger partial charge in [-0.25, -0.2) is 22.9 Å². The molecule has 0 radical (unpaired) electrons. The van der Waals surface area contributed by atoms with Crippen LogP contribution < -0.4 is 30.4 Å². The molecule has 2 amide bonds. The lowest BCUT2D eigenvalue weighted by molar-refractivity contribution is -0.115.